The third-order valence-electron chi connectivity index (χ3n) is 5.78. The predicted octanol–water partition coefficient (Wildman–Crippen LogP) is 3.71. The van der Waals surface area contributed by atoms with Gasteiger partial charge in [0.2, 0.25) is 0 Å². The lowest BCUT2D eigenvalue weighted by Crippen LogP contribution is -2.45. The van der Waals surface area contributed by atoms with Gasteiger partial charge in [0.05, 0.1) is 38.2 Å². The zero-order chi connectivity index (χ0) is 29.1. The number of amides is 1. The Balaban J connectivity index is 1.72. The van der Waals surface area contributed by atoms with Crippen molar-refractivity contribution < 1.29 is 28.5 Å². The molecule has 3 N–H and O–H groups in total. The van der Waals surface area contributed by atoms with Crippen molar-refractivity contribution in [1.82, 2.24) is 16.1 Å². The highest BCUT2D eigenvalue weighted by Gasteiger charge is 2.32. The molecule has 1 aliphatic rings. The Hall–Kier alpha value is -4.38. The Morgan fingerprint density at radius 2 is 1.93 bits per heavy atom. The summed E-state index contributed by atoms with van der Waals surface area (Å²) >= 11 is 5.31. The molecule has 40 heavy (non-hydrogen) atoms. The number of nitrogens with zero attached hydrogens (tertiary/aromatic N) is 1. The van der Waals surface area contributed by atoms with Gasteiger partial charge in [-0.1, -0.05) is 24.3 Å². The number of nitrogens with one attached hydrogen (secondary N) is 3. The molecule has 0 fully saturated rings. The highest BCUT2D eigenvalue weighted by Crippen LogP contribution is 2.34. The normalized spacial score (nSPS) is 14.7. The van der Waals surface area contributed by atoms with Crippen LogP contribution in [-0.2, 0) is 20.7 Å². The Kier molecular flexibility index (Phi) is 11.1. The van der Waals surface area contributed by atoms with Gasteiger partial charge >= 0.3 is 5.97 Å². The summed E-state index contributed by atoms with van der Waals surface area (Å²) in [5.74, 6) is 0.673. The number of esters is 1. The number of methoxy groups -OCH3 is 1. The standard InChI is InChI=1S/C29H34N4O6S/c1-6-11-20-14-19(15-23(36-5)27(20)37-7-2)16-30-33-24(34)17-39-22-13-10-9-12-21(22)26-25(28(35)38-8-3)18(4)31-29(40)32-26/h6,9-10,12-16,26H,1,7-8,11,17H2,2-5H3,(H,33,34)(H2,31,32,40)/t26-/m0/s1. The maximum absolute atomic E-state index is 12.7. The van der Waals surface area contributed by atoms with Gasteiger partial charge in [-0.05, 0) is 63.2 Å². The second kappa shape index (κ2) is 14.7. The van der Waals surface area contributed by atoms with Crippen LogP contribution in [-0.4, -0.2) is 50.1 Å². The fraction of sp³-hybridized carbons (Fsp3) is 0.310. The summed E-state index contributed by atoms with van der Waals surface area (Å²) in [7, 11) is 1.56. The van der Waals surface area contributed by atoms with Gasteiger partial charge in [-0.15, -0.1) is 6.58 Å². The van der Waals surface area contributed by atoms with Gasteiger partial charge in [-0.25, -0.2) is 10.2 Å². The van der Waals surface area contributed by atoms with Crippen LogP contribution in [0.2, 0.25) is 0 Å². The van der Waals surface area contributed by atoms with E-state index in [1.807, 2.05) is 19.1 Å². The molecule has 2 aromatic carbocycles. The van der Waals surface area contributed by atoms with Crippen molar-refractivity contribution in [3.8, 4) is 17.2 Å². The Labute approximate surface area is 239 Å². The molecule has 1 aliphatic heterocycles. The number of hydrogen-bond donors (Lipinski definition) is 3. The smallest absolute Gasteiger partial charge is 0.338 e. The third kappa shape index (κ3) is 7.60. The van der Waals surface area contributed by atoms with E-state index in [4.69, 9.17) is 31.2 Å². The Bertz CT molecular complexity index is 1320. The van der Waals surface area contributed by atoms with E-state index < -0.39 is 17.9 Å². The molecule has 2 aromatic rings. The van der Waals surface area contributed by atoms with Gasteiger partial charge in [0, 0.05) is 16.8 Å². The van der Waals surface area contributed by atoms with Gasteiger partial charge < -0.3 is 29.6 Å². The summed E-state index contributed by atoms with van der Waals surface area (Å²) in [6.07, 6.45) is 3.86. The summed E-state index contributed by atoms with van der Waals surface area (Å²) in [5, 5.41) is 10.5. The molecule has 1 heterocycles. The Morgan fingerprint density at radius 3 is 2.62 bits per heavy atom. The van der Waals surface area contributed by atoms with Crippen LogP contribution in [0.15, 0.2) is 65.4 Å². The van der Waals surface area contributed by atoms with E-state index in [0.29, 0.717) is 57.8 Å². The van der Waals surface area contributed by atoms with Crippen molar-refractivity contribution in [2.45, 2.75) is 33.2 Å². The molecule has 0 unspecified atom stereocenters. The maximum atomic E-state index is 12.7. The molecule has 0 aliphatic carbocycles. The minimum Gasteiger partial charge on any atom is -0.493 e. The zero-order valence-corrected chi connectivity index (χ0v) is 23.9. The van der Waals surface area contributed by atoms with Crippen LogP contribution in [0.1, 0.15) is 43.5 Å². The van der Waals surface area contributed by atoms with E-state index in [-0.39, 0.29) is 13.2 Å². The maximum Gasteiger partial charge on any atom is 0.338 e. The van der Waals surface area contributed by atoms with Crippen LogP contribution in [0.4, 0.5) is 0 Å². The fourth-order valence-electron chi connectivity index (χ4n) is 4.14. The van der Waals surface area contributed by atoms with Crippen molar-refractivity contribution in [3.05, 3.63) is 77.0 Å². The van der Waals surface area contributed by atoms with Crippen LogP contribution in [0.3, 0.4) is 0 Å². The first-order chi connectivity index (χ1) is 19.3. The van der Waals surface area contributed by atoms with E-state index in [1.165, 1.54) is 6.21 Å². The highest BCUT2D eigenvalue weighted by molar-refractivity contribution is 7.80. The van der Waals surface area contributed by atoms with Crippen LogP contribution in [0.25, 0.3) is 0 Å². The number of para-hydroxylation sites is 1. The number of hydrogen-bond acceptors (Lipinski definition) is 8. The highest BCUT2D eigenvalue weighted by atomic mass is 32.1. The lowest BCUT2D eigenvalue weighted by molar-refractivity contribution is -0.139. The van der Waals surface area contributed by atoms with Crippen molar-refractivity contribution in [1.29, 1.82) is 0 Å². The molecule has 11 heteroatoms. The second-order valence-electron chi connectivity index (χ2n) is 8.55. The minimum atomic E-state index is -0.621. The number of carbonyl (C=O) groups excluding carboxylic acids is 2. The lowest BCUT2D eigenvalue weighted by atomic mass is 9.95. The number of carbonyl (C=O) groups is 2. The number of ether oxygens (including phenoxy) is 4. The molecule has 1 amide bonds. The minimum absolute atomic E-state index is 0.227. The predicted molar refractivity (Wildman–Crippen MR) is 157 cm³/mol. The zero-order valence-electron chi connectivity index (χ0n) is 23.0. The average molecular weight is 567 g/mol. The van der Waals surface area contributed by atoms with E-state index in [9.17, 15) is 9.59 Å². The first-order valence-electron chi connectivity index (χ1n) is 12.8. The molecule has 10 nitrogen and oxygen atoms in total. The van der Waals surface area contributed by atoms with Crippen molar-refractivity contribution in [2.75, 3.05) is 26.9 Å². The number of rotatable bonds is 13. The van der Waals surface area contributed by atoms with Gasteiger partial charge in [-0.2, -0.15) is 5.10 Å². The quantitative estimate of drug-likeness (QED) is 0.110. The molecule has 0 saturated carbocycles. The molecular weight excluding hydrogens is 532 g/mol. The van der Waals surface area contributed by atoms with Crippen LogP contribution in [0.5, 0.6) is 17.2 Å². The molecule has 0 radical (unpaired) electrons. The van der Waals surface area contributed by atoms with Gasteiger partial charge in [0.25, 0.3) is 5.91 Å². The van der Waals surface area contributed by atoms with Crippen molar-refractivity contribution >= 4 is 35.4 Å². The third-order valence-corrected chi connectivity index (χ3v) is 6.00. The van der Waals surface area contributed by atoms with Crippen molar-refractivity contribution in [2.24, 2.45) is 5.10 Å². The SMILES string of the molecule is C=CCc1cc(C=NNC(=O)COc2ccccc2[C@@H]2NC(=S)NC(C)=C2C(=O)OCC)cc(OC)c1OCC. The number of hydrazone groups is 1. The molecule has 3 rings (SSSR count). The lowest BCUT2D eigenvalue weighted by Gasteiger charge is -2.30. The van der Waals surface area contributed by atoms with Crippen molar-refractivity contribution in [3.63, 3.8) is 0 Å². The summed E-state index contributed by atoms with van der Waals surface area (Å²) in [6.45, 7) is 9.60. The van der Waals surface area contributed by atoms with E-state index >= 15 is 0 Å². The summed E-state index contributed by atoms with van der Waals surface area (Å²) in [4.78, 5) is 25.3. The van der Waals surface area contributed by atoms with E-state index in [2.05, 4.69) is 27.7 Å². The first-order valence-corrected chi connectivity index (χ1v) is 13.2. The largest absolute Gasteiger partial charge is 0.493 e. The van der Waals surface area contributed by atoms with E-state index in [0.717, 1.165) is 5.56 Å². The Morgan fingerprint density at radius 1 is 1.15 bits per heavy atom. The number of thiocarbonyl (C=S) groups is 1. The van der Waals surface area contributed by atoms with Crippen LogP contribution >= 0.6 is 12.2 Å². The van der Waals surface area contributed by atoms with Gasteiger partial charge in [0.15, 0.2) is 23.2 Å². The summed E-state index contributed by atoms with van der Waals surface area (Å²) in [6, 6.07) is 10.1. The fourth-order valence-corrected chi connectivity index (χ4v) is 4.41. The van der Waals surface area contributed by atoms with Gasteiger partial charge in [0.1, 0.15) is 5.75 Å². The average Bonchev–Trinajstić information content (AvgIpc) is 2.93. The molecule has 1 atom stereocenters. The molecule has 0 saturated heterocycles. The summed E-state index contributed by atoms with van der Waals surface area (Å²) < 4.78 is 22.3. The molecule has 0 spiro atoms. The van der Waals surface area contributed by atoms with E-state index in [1.54, 1.807) is 51.3 Å². The number of allylic oxidation sites excluding steroid dienone is 2. The first kappa shape index (κ1) is 30.2. The molecular formula is C29H34N4O6S. The van der Waals surface area contributed by atoms with Crippen LogP contribution in [0, 0.1) is 0 Å². The topological polar surface area (TPSA) is 120 Å². The summed E-state index contributed by atoms with van der Waals surface area (Å²) in [5.41, 5.74) is 5.66. The van der Waals surface area contributed by atoms with Gasteiger partial charge in [-0.3, -0.25) is 4.79 Å². The molecule has 0 aromatic heterocycles. The molecule has 212 valence electrons. The molecule has 0 bridgehead atoms. The monoisotopic (exact) mass is 566 g/mol. The number of benzene rings is 2. The van der Waals surface area contributed by atoms with Crippen LogP contribution < -0.4 is 30.3 Å². The second-order valence-corrected chi connectivity index (χ2v) is 8.96.